The fourth-order valence-corrected chi connectivity index (χ4v) is 2.65. The molecule has 1 N–H and O–H groups in total. The number of hydrogen-bond donors (Lipinski definition) is 1. The number of aromatic amines is 1. The van der Waals surface area contributed by atoms with Crippen LogP contribution in [0.5, 0.6) is 0 Å². The summed E-state index contributed by atoms with van der Waals surface area (Å²) in [7, 11) is 0. The Morgan fingerprint density at radius 2 is 2.21 bits per heavy atom. The fraction of sp³-hybridized carbons (Fsp3) is 0.167. The molecule has 3 rings (SSSR count). The number of benzene rings is 1. The zero-order valence-corrected chi connectivity index (χ0v) is 12.2. The minimum atomic E-state index is -0.294. The van der Waals surface area contributed by atoms with Crippen molar-refractivity contribution < 1.29 is 4.39 Å². The number of hydrogen-bond acceptors (Lipinski definition) is 2. The van der Waals surface area contributed by atoms with Gasteiger partial charge in [0.2, 0.25) is 0 Å². The molecule has 0 aliphatic carbocycles. The number of nitrogens with zero attached hydrogens (tertiary/aromatic N) is 3. The van der Waals surface area contributed by atoms with Gasteiger partial charge < -0.3 is 14.1 Å². The second kappa shape index (κ2) is 4.90. The Morgan fingerprint density at radius 3 is 2.95 bits per heavy atom. The van der Waals surface area contributed by atoms with Crippen molar-refractivity contribution in [3.05, 3.63) is 45.9 Å². The van der Waals surface area contributed by atoms with Gasteiger partial charge in [-0.05, 0) is 34.2 Å². The van der Waals surface area contributed by atoms with Gasteiger partial charge in [0.25, 0.3) is 0 Å². The maximum atomic E-state index is 13.6. The third kappa shape index (κ3) is 2.35. The van der Waals surface area contributed by atoms with E-state index in [0.717, 1.165) is 17.6 Å². The molecule has 2 heterocycles. The number of H-pyrrole nitrogens is 1. The molecule has 0 atom stereocenters. The van der Waals surface area contributed by atoms with Gasteiger partial charge >= 0.3 is 0 Å². The summed E-state index contributed by atoms with van der Waals surface area (Å²) in [6, 6.07) is 3.19. The largest absolute Gasteiger partial charge is 0.336 e. The van der Waals surface area contributed by atoms with Gasteiger partial charge in [0.05, 0.1) is 21.8 Å². The molecule has 0 saturated heterocycles. The van der Waals surface area contributed by atoms with Crippen LogP contribution in [-0.4, -0.2) is 19.1 Å². The van der Waals surface area contributed by atoms with E-state index >= 15 is 0 Å². The Labute approximate surface area is 122 Å². The second-order valence-electron chi connectivity index (χ2n) is 4.17. The van der Waals surface area contributed by atoms with E-state index in [0.29, 0.717) is 15.8 Å². The number of halogens is 2. The Kier molecular flexibility index (Phi) is 3.24. The van der Waals surface area contributed by atoms with Crippen molar-refractivity contribution in [2.24, 2.45) is 0 Å². The fourth-order valence-electron chi connectivity index (χ4n) is 2.01. The summed E-state index contributed by atoms with van der Waals surface area (Å²) < 4.78 is 18.5. The van der Waals surface area contributed by atoms with Crippen molar-refractivity contribution in [3.8, 4) is 0 Å². The molecule has 0 spiro atoms. The molecule has 7 heteroatoms. The number of aromatic nitrogens is 4. The average Bonchev–Trinajstić information content (AvgIpc) is 2.96. The summed E-state index contributed by atoms with van der Waals surface area (Å²) in [5, 5.41) is 0. The van der Waals surface area contributed by atoms with Crippen molar-refractivity contribution in [1.29, 1.82) is 0 Å². The number of nitrogens with one attached hydrogen (secondary N) is 1. The standard InChI is InChI=1S/C12H10BrFN4S/c13-8-5-10-11(6-9(8)14)18(12(19)16-10)4-3-17-2-1-15-7-17/h1-2,5-7H,3-4H2,(H,16,19). The van der Waals surface area contributed by atoms with E-state index in [9.17, 15) is 4.39 Å². The van der Waals surface area contributed by atoms with Crippen LogP contribution in [0.2, 0.25) is 0 Å². The van der Waals surface area contributed by atoms with Crippen LogP contribution in [0, 0.1) is 10.6 Å². The van der Waals surface area contributed by atoms with Gasteiger partial charge in [-0.1, -0.05) is 0 Å². The summed E-state index contributed by atoms with van der Waals surface area (Å²) in [6.45, 7) is 1.40. The van der Waals surface area contributed by atoms with Gasteiger partial charge in [-0.3, -0.25) is 0 Å². The van der Waals surface area contributed by atoms with Gasteiger partial charge in [-0.2, -0.15) is 0 Å². The molecule has 0 saturated carbocycles. The lowest BCUT2D eigenvalue weighted by molar-refractivity contribution is 0.582. The molecule has 0 unspecified atom stereocenters. The summed E-state index contributed by atoms with van der Waals surface area (Å²) >= 11 is 8.45. The van der Waals surface area contributed by atoms with Crippen molar-refractivity contribution in [1.82, 2.24) is 19.1 Å². The average molecular weight is 341 g/mol. The first-order valence-corrected chi connectivity index (χ1v) is 6.88. The van der Waals surface area contributed by atoms with Crippen LogP contribution in [0.3, 0.4) is 0 Å². The predicted molar refractivity (Wildman–Crippen MR) is 77.0 cm³/mol. The highest BCUT2D eigenvalue weighted by Gasteiger charge is 2.08. The van der Waals surface area contributed by atoms with E-state index in [-0.39, 0.29) is 5.82 Å². The first-order chi connectivity index (χ1) is 9.15. The minimum absolute atomic E-state index is 0.294. The minimum Gasteiger partial charge on any atom is -0.336 e. The molecule has 0 amide bonds. The summed E-state index contributed by atoms with van der Waals surface area (Å²) in [6.07, 6.45) is 5.36. The smallest absolute Gasteiger partial charge is 0.178 e. The number of rotatable bonds is 3. The van der Waals surface area contributed by atoms with Crippen LogP contribution >= 0.6 is 28.1 Å². The number of aryl methyl sites for hydroxylation is 2. The predicted octanol–water partition coefficient (Wildman–Crippen LogP) is 3.50. The van der Waals surface area contributed by atoms with Crippen molar-refractivity contribution in [3.63, 3.8) is 0 Å². The summed E-state index contributed by atoms with van der Waals surface area (Å²) in [5.41, 5.74) is 1.59. The first kappa shape index (κ1) is 12.6. The van der Waals surface area contributed by atoms with Crippen LogP contribution in [0.15, 0.2) is 35.3 Å². The van der Waals surface area contributed by atoms with Crippen molar-refractivity contribution >= 4 is 39.2 Å². The Bertz CT molecular complexity index is 775. The molecule has 0 radical (unpaired) electrons. The maximum Gasteiger partial charge on any atom is 0.178 e. The van der Waals surface area contributed by atoms with E-state index in [2.05, 4.69) is 25.9 Å². The second-order valence-corrected chi connectivity index (χ2v) is 5.41. The molecule has 0 aliphatic rings. The molecular formula is C12H10BrFN4S. The lowest BCUT2D eigenvalue weighted by Gasteiger charge is -2.05. The molecule has 2 aromatic heterocycles. The monoisotopic (exact) mass is 340 g/mol. The lowest BCUT2D eigenvalue weighted by atomic mass is 10.3. The highest BCUT2D eigenvalue weighted by atomic mass is 79.9. The van der Waals surface area contributed by atoms with Gasteiger partial charge in [0.1, 0.15) is 5.82 Å². The molecule has 0 fully saturated rings. The van der Waals surface area contributed by atoms with Crippen molar-refractivity contribution in [2.75, 3.05) is 0 Å². The van der Waals surface area contributed by atoms with Crippen LogP contribution < -0.4 is 0 Å². The lowest BCUT2D eigenvalue weighted by Crippen LogP contribution is -2.06. The quantitative estimate of drug-likeness (QED) is 0.741. The zero-order valence-electron chi connectivity index (χ0n) is 9.81. The topological polar surface area (TPSA) is 38.5 Å². The third-order valence-electron chi connectivity index (χ3n) is 2.96. The third-order valence-corrected chi connectivity index (χ3v) is 3.89. The van der Waals surface area contributed by atoms with Crippen LogP contribution in [0.4, 0.5) is 4.39 Å². The highest BCUT2D eigenvalue weighted by Crippen LogP contribution is 2.23. The molecule has 0 aliphatic heterocycles. The zero-order chi connectivity index (χ0) is 13.4. The first-order valence-electron chi connectivity index (χ1n) is 5.68. The number of imidazole rings is 2. The van der Waals surface area contributed by atoms with E-state index in [1.54, 1.807) is 18.6 Å². The maximum absolute atomic E-state index is 13.6. The Balaban J connectivity index is 2.00. The molecule has 0 bridgehead atoms. The van der Waals surface area contributed by atoms with Gasteiger partial charge in [-0.15, -0.1) is 0 Å². The van der Waals surface area contributed by atoms with E-state index in [1.165, 1.54) is 6.07 Å². The molecule has 3 aromatic rings. The van der Waals surface area contributed by atoms with Gasteiger partial charge in [0, 0.05) is 31.5 Å². The summed E-state index contributed by atoms with van der Waals surface area (Å²) in [5.74, 6) is -0.294. The number of fused-ring (bicyclic) bond motifs is 1. The SMILES string of the molecule is Fc1cc2c(cc1Br)[nH]c(=S)n2CCn1ccnc1. The van der Waals surface area contributed by atoms with Crippen molar-refractivity contribution in [2.45, 2.75) is 13.1 Å². The van der Waals surface area contributed by atoms with Crippen LogP contribution in [0.25, 0.3) is 11.0 Å². The normalized spacial score (nSPS) is 11.3. The molecule has 4 nitrogen and oxygen atoms in total. The Morgan fingerprint density at radius 1 is 1.37 bits per heavy atom. The van der Waals surface area contributed by atoms with Crippen LogP contribution in [0.1, 0.15) is 0 Å². The highest BCUT2D eigenvalue weighted by molar-refractivity contribution is 9.10. The van der Waals surface area contributed by atoms with E-state index in [1.807, 2.05) is 15.3 Å². The van der Waals surface area contributed by atoms with Gasteiger partial charge in [-0.25, -0.2) is 9.37 Å². The van der Waals surface area contributed by atoms with E-state index < -0.39 is 0 Å². The van der Waals surface area contributed by atoms with Gasteiger partial charge in [0.15, 0.2) is 4.77 Å². The van der Waals surface area contributed by atoms with Crippen LogP contribution in [-0.2, 0) is 13.1 Å². The molecular weight excluding hydrogens is 331 g/mol. The summed E-state index contributed by atoms with van der Waals surface area (Å²) in [4.78, 5) is 7.07. The van der Waals surface area contributed by atoms with E-state index in [4.69, 9.17) is 12.2 Å². The molecule has 19 heavy (non-hydrogen) atoms. The molecule has 98 valence electrons. The molecule has 1 aromatic carbocycles. The Hall–Kier alpha value is -1.47.